The minimum atomic E-state index is -4.45. The number of hydrogen-bond acceptors (Lipinski definition) is 7. The Labute approximate surface area is 129 Å². The van der Waals surface area contributed by atoms with Gasteiger partial charge in [0.2, 0.25) is 5.09 Å². The summed E-state index contributed by atoms with van der Waals surface area (Å²) in [6.45, 7) is 0. The predicted molar refractivity (Wildman–Crippen MR) is 76.7 cm³/mol. The molecule has 1 heterocycles. The molecule has 1 aromatic heterocycles. The number of furan rings is 1. The van der Waals surface area contributed by atoms with Gasteiger partial charge in [-0.15, -0.1) is 0 Å². The third-order valence-corrected chi connectivity index (χ3v) is 3.28. The summed E-state index contributed by atoms with van der Waals surface area (Å²) in [5.41, 5.74) is 2.12. The summed E-state index contributed by atoms with van der Waals surface area (Å²) in [6, 6.07) is 7.10. The average Bonchev–Trinajstić information content (AvgIpc) is 2.96. The van der Waals surface area contributed by atoms with Crippen LogP contribution in [-0.2, 0) is 10.1 Å². The lowest BCUT2D eigenvalue weighted by molar-refractivity contribution is -0.384. The van der Waals surface area contributed by atoms with Gasteiger partial charge in [-0.2, -0.15) is 13.5 Å². The minimum Gasteiger partial charge on any atom is -0.441 e. The van der Waals surface area contributed by atoms with Crippen LogP contribution < -0.4 is 5.43 Å². The molecule has 0 spiro atoms. The number of carbonyl (C=O) groups excluding carboxylic acids is 1. The minimum absolute atomic E-state index is 0.0124. The summed E-state index contributed by atoms with van der Waals surface area (Å²) in [5, 5.41) is 13.4. The summed E-state index contributed by atoms with van der Waals surface area (Å²) in [5.74, 6) is -0.640. The van der Waals surface area contributed by atoms with Crippen LogP contribution >= 0.6 is 0 Å². The second-order valence-corrected chi connectivity index (χ2v) is 5.49. The van der Waals surface area contributed by atoms with E-state index in [1.807, 2.05) is 0 Å². The van der Waals surface area contributed by atoms with Gasteiger partial charge in [0.1, 0.15) is 5.76 Å². The summed E-state index contributed by atoms with van der Waals surface area (Å²) in [4.78, 5) is 21.6. The SMILES string of the molecule is O=C(N/N=C/c1ccc(S(=O)(=O)O)o1)c1ccc([N+](=O)[O-])cc1. The largest absolute Gasteiger partial charge is 0.441 e. The molecule has 0 aliphatic carbocycles. The van der Waals surface area contributed by atoms with Crippen LogP contribution in [0.15, 0.2) is 51.0 Å². The lowest BCUT2D eigenvalue weighted by Crippen LogP contribution is -2.17. The molecule has 0 aliphatic rings. The smallest absolute Gasteiger partial charge is 0.328 e. The zero-order valence-corrected chi connectivity index (χ0v) is 12.1. The third kappa shape index (κ3) is 4.21. The van der Waals surface area contributed by atoms with Gasteiger partial charge in [0, 0.05) is 17.7 Å². The standard InChI is InChI=1S/C12H9N3O7S/c16-12(8-1-3-9(4-2-8)15(17)18)14-13-7-10-5-6-11(22-10)23(19,20)21/h1-7H,(H,14,16)(H,19,20,21)/b13-7+. The Morgan fingerprint density at radius 3 is 2.43 bits per heavy atom. The van der Waals surface area contributed by atoms with Crippen molar-refractivity contribution in [2.75, 3.05) is 0 Å². The lowest BCUT2D eigenvalue weighted by Gasteiger charge is -1.98. The van der Waals surface area contributed by atoms with Gasteiger partial charge in [-0.1, -0.05) is 0 Å². The number of benzene rings is 1. The van der Waals surface area contributed by atoms with Crippen molar-refractivity contribution in [2.45, 2.75) is 5.09 Å². The molecule has 0 atom stereocenters. The molecule has 23 heavy (non-hydrogen) atoms. The van der Waals surface area contributed by atoms with Gasteiger partial charge < -0.3 is 4.42 Å². The van der Waals surface area contributed by atoms with Crippen molar-refractivity contribution in [3.05, 3.63) is 57.8 Å². The van der Waals surface area contributed by atoms with Crippen molar-refractivity contribution in [1.82, 2.24) is 5.43 Å². The Bertz CT molecular complexity index is 868. The number of non-ortho nitro benzene ring substituents is 1. The maximum Gasteiger partial charge on any atom is 0.328 e. The fraction of sp³-hybridized carbons (Fsp3) is 0. The van der Waals surface area contributed by atoms with Crippen molar-refractivity contribution in [3.63, 3.8) is 0 Å². The second kappa shape index (κ2) is 6.37. The highest BCUT2D eigenvalue weighted by molar-refractivity contribution is 7.85. The van der Waals surface area contributed by atoms with Gasteiger partial charge in [-0.25, -0.2) is 5.43 Å². The Kier molecular flexibility index (Phi) is 4.52. The molecule has 0 saturated carbocycles. The van der Waals surface area contributed by atoms with E-state index in [-0.39, 0.29) is 17.0 Å². The maximum absolute atomic E-state index is 11.7. The van der Waals surface area contributed by atoms with Crippen LogP contribution in [0.5, 0.6) is 0 Å². The zero-order valence-electron chi connectivity index (χ0n) is 11.2. The van der Waals surface area contributed by atoms with Crippen molar-refractivity contribution in [1.29, 1.82) is 0 Å². The fourth-order valence-corrected chi connectivity index (χ4v) is 1.94. The highest BCUT2D eigenvalue weighted by atomic mass is 32.2. The summed E-state index contributed by atoms with van der Waals surface area (Å²) >= 11 is 0. The third-order valence-electron chi connectivity index (χ3n) is 2.55. The van der Waals surface area contributed by atoms with Crippen LogP contribution in [0.2, 0.25) is 0 Å². The monoisotopic (exact) mass is 339 g/mol. The number of hydrogen-bond donors (Lipinski definition) is 2. The van der Waals surface area contributed by atoms with Crippen molar-refractivity contribution in [2.24, 2.45) is 5.10 Å². The van der Waals surface area contributed by atoms with Crippen LogP contribution in [0.4, 0.5) is 5.69 Å². The number of rotatable bonds is 5. The summed E-state index contributed by atoms with van der Waals surface area (Å²) < 4.78 is 35.1. The van der Waals surface area contributed by atoms with Crippen LogP contribution in [0.1, 0.15) is 16.1 Å². The Morgan fingerprint density at radius 2 is 1.91 bits per heavy atom. The van der Waals surface area contributed by atoms with E-state index < -0.39 is 26.0 Å². The first-order valence-corrected chi connectivity index (χ1v) is 7.36. The average molecular weight is 339 g/mol. The molecule has 0 fully saturated rings. The van der Waals surface area contributed by atoms with E-state index in [9.17, 15) is 23.3 Å². The van der Waals surface area contributed by atoms with E-state index in [1.165, 1.54) is 30.3 Å². The van der Waals surface area contributed by atoms with E-state index in [0.717, 1.165) is 12.3 Å². The molecule has 2 aromatic rings. The highest BCUT2D eigenvalue weighted by Gasteiger charge is 2.14. The number of carbonyl (C=O) groups is 1. The lowest BCUT2D eigenvalue weighted by atomic mass is 10.2. The Hall–Kier alpha value is -3.05. The number of nitro groups is 1. The van der Waals surface area contributed by atoms with Crippen LogP contribution in [-0.4, -0.2) is 30.0 Å². The van der Waals surface area contributed by atoms with Crippen LogP contribution in [0.3, 0.4) is 0 Å². The topological polar surface area (TPSA) is 152 Å². The quantitative estimate of drug-likeness (QED) is 0.359. The number of nitrogens with zero attached hydrogens (tertiary/aromatic N) is 2. The Balaban J connectivity index is 2.01. The molecule has 2 rings (SSSR count). The number of amides is 1. The molecule has 10 nitrogen and oxygen atoms in total. The first-order chi connectivity index (χ1) is 10.8. The molecule has 0 aliphatic heterocycles. The predicted octanol–water partition coefficient (Wildman–Crippen LogP) is 1.20. The number of hydrazone groups is 1. The maximum atomic E-state index is 11.7. The van der Waals surface area contributed by atoms with E-state index in [2.05, 4.69) is 10.5 Å². The first-order valence-electron chi connectivity index (χ1n) is 5.92. The van der Waals surface area contributed by atoms with Gasteiger partial charge >= 0.3 is 10.1 Å². The molecule has 0 saturated heterocycles. The van der Waals surface area contributed by atoms with Crippen molar-refractivity contribution >= 4 is 27.9 Å². The summed E-state index contributed by atoms with van der Waals surface area (Å²) in [6.07, 6.45) is 1.03. The first kappa shape index (κ1) is 16.3. The van der Waals surface area contributed by atoms with Crippen LogP contribution in [0.25, 0.3) is 0 Å². The zero-order chi connectivity index (χ0) is 17.0. The molecule has 0 bridgehead atoms. The van der Waals surface area contributed by atoms with E-state index >= 15 is 0 Å². The van der Waals surface area contributed by atoms with Crippen molar-refractivity contribution < 1.29 is 27.1 Å². The molecule has 2 N–H and O–H groups in total. The molecular formula is C12H9N3O7S. The molecular weight excluding hydrogens is 330 g/mol. The van der Waals surface area contributed by atoms with Gasteiger partial charge in [0.25, 0.3) is 11.6 Å². The number of nitro benzene ring substituents is 1. The molecule has 11 heteroatoms. The second-order valence-electron chi connectivity index (χ2n) is 4.13. The molecule has 1 aromatic carbocycles. The van der Waals surface area contributed by atoms with Gasteiger partial charge in [-0.05, 0) is 24.3 Å². The molecule has 0 unspecified atom stereocenters. The molecule has 0 radical (unpaired) electrons. The number of nitrogens with one attached hydrogen (secondary N) is 1. The highest BCUT2D eigenvalue weighted by Crippen LogP contribution is 2.12. The van der Waals surface area contributed by atoms with E-state index in [1.54, 1.807) is 0 Å². The van der Waals surface area contributed by atoms with E-state index in [0.29, 0.717) is 0 Å². The van der Waals surface area contributed by atoms with Gasteiger partial charge in [-0.3, -0.25) is 19.5 Å². The fourth-order valence-electron chi connectivity index (χ4n) is 1.50. The summed E-state index contributed by atoms with van der Waals surface area (Å²) in [7, 11) is -4.45. The Morgan fingerprint density at radius 1 is 1.26 bits per heavy atom. The van der Waals surface area contributed by atoms with Gasteiger partial charge in [0.15, 0.2) is 0 Å². The van der Waals surface area contributed by atoms with Crippen molar-refractivity contribution in [3.8, 4) is 0 Å². The molecule has 120 valence electrons. The van der Waals surface area contributed by atoms with Gasteiger partial charge in [0.05, 0.1) is 11.1 Å². The molecule has 1 amide bonds. The normalized spacial score (nSPS) is 11.5. The van der Waals surface area contributed by atoms with E-state index in [4.69, 9.17) is 8.97 Å². The van der Waals surface area contributed by atoms with Crippen LogP contribution in [0, 0.1) is 10.1 Å².